The van der Waals surface area contributed by atoms with Crippen molar-refractivity contribution in [3.63, 3.8) is 0 Å². The van der Waals surface area contributed by atoms with Crippen molar-refractivity contribution in [1.29, 1.82) is 0 Å². The Morgan fingerprint density at radius 3 is 2.68 bits per heavy atom. The molecule has 0 radical (unpaired) electrons. The molecule has 0 aliphatic carbocycles. The Balaban J connectivity index is 1.44. The average Bonchev–Trinajstić information content (AvgIpc) is 2.91. The third kappa shape index (κ3) is 5.34. The van der Waals surface area contributed by atoms with Crippen molar-refractivity contribution in [3.05, 3.63) is 77.0 Å². The summed E-state index contributed by atoms with van der Waals surface area (Å²) >= 11 is 0.599. The van der Waals surface area contributed by atoms with Gasteiger partial charge in [-0.15, -0.1) is 0 Å². The van der Waals surface area contributed by atoms with E-state index in [1.54, 1.807) is 36.8 Å². The number of hydrogen-bond donors (Lipinski definition) is 2. The Bertz CT molecular complexity index is 1500. The lowest BCUT2D eigenvalue weighted by atomic mass is 10.1. The number of hydrogen-bond acceptors (Lipinski definition) is 10. The van der Waals surface area contributed by atoms with Crippen LogP contribution in [0.4, 0.5) is 20.2 Å². The first-order chi connectivity index (χ1) is 17.9. The van der Waals surface area contributed by atoms with Crippen LogP contribution in [0.25, 0.3) is 16.8 Å². The molecule has 2 N–H and O–H groups in total. The minimum atomic E-state index is -0.823. The van der Waals surface area contributed by atoms with Gasteiger partial charge in [0, 0.05) is 54.6 Å². The van der Waals surface area contributed by atoms with Gasteiger partial charge in [-0.1, -0.05) is 0 Å². The molecule has 3 aromatic heterocycles. The van der Waals surface area contributed by atoms with Crippen LogP contribution in [0.5, 0.6) is 5.88 Å². The SMILES string of the molecule is COc1ncc(-c2ccc3ncc(N4CCOCC4)c(=O)n3c2)cc1NN(O)Sc1ccc(F)cc1F. The third-order valence-electron chi connectivity index (χ3n) is 5.71. The van der Waals surface area contributed by atoms with Gasteiger partial charge in [-0.05, 0) is 34.9 Å². The number of rotatable bonds is 7. The summed E-state index contributed by atoms with van der Waals surface area (Å²) in [6.07, 6.45) is 4.81. The highest BCUT2D eigenvalue weighted by Gasteiger charge is 2.17. The average molecular weight is 529 g/mol. The van der Waals surface area contributed by atoms with Crippen molar-refractivity contribution < 1.29 is 23.5 Å². The Labute approximate surface area is 214 Å². The van der Waals surface area contributed by atoms with Gasteiger partial charge in [0.05, 0.1) is 31.4 Å². The first-order valence-corrected chi connectivity index (χ1v) is 12.0. The zero-order valence-corrected chi connectivity index (χ0v) is 20.4. The van der Waals surface area contributed by atoms with Crippen molar-refractivity contribution >= 4 is 29.0 Å². The molecule has 13 heteroatoms. The number of anilines is 2. The van der Waals surface area contributed by atoms with Crippen molar-refractivity contribution in [3.8, 4) is 17.0 Å². The fraction of sp³-hybridized carbons (Fsp3) is 0.208. The summed E-state index contributed by atoms with van der Waals surface area (Å²) in [5.41, 5.74) is 4.99. The van der Waals surface area contributed by atoms with Gasteiger partial charge in [-0.2, -0.15) is 0 Å². The van der Waals surface area contributed by atoms with Crippen molar-refractivity contribution in [1.82, 2.24) is 18.9 Å². The molecule has 0 saturated carbocycles. The molecule has 0 bridgehead atoms. The van der Waals surface area contributed by atoms with Crippen molar-refractivity contribution in [2.45, 2.75) is 4.90 Å². The number of halogens is 2. The number of fused-ring (bicyclic) bond motifs is 1. The Hall–Kier alpha value is -3.78. The van der Waals surface area contributed by atoms with E-state index in [4.69, 9.17) is 9.47 Å². The molecular weight excluding hydrogens is 506 g/mol. The van der Waals surface area contributed by atoms with Gasteiger partial charge in [-0.3, -0.25) is 19.8 Å². The standard InChI is InChI=1S/C24H22F2N6O4S/c1-35-23-19(29-32(34)37-21-4-3-17(25)11-18(21)26)10-16(12-28-23)15-2-5-22-27-13-20(24(33)31(22)14-15)30-6-8-36-9-7-30/h2-5,10-14,29,34H,6-9H2,1H3. The molecule has 1 aromatic carbocycles. The fourth-order valence-electron chi connectivity index (χ4n) is 3.88. The highest BCUT2D eigenvalue weighted by Crippen LogP contribution is 2.31. The number of nitrogens with one attached hydrogen (secondary N) is 1. The van der Waals surface area contributed by atoms with E-state index in [9.17, 15) is 18.8 Å². The van der Waals surface area contributed by atoms with E-state index in [2.05, 4.69) is 15.4 Å². The summed E-state index contributed by atoms with van der Waals surface area (Å²) < 4.78 is 39.8. The zero-order valence-electron chi connectivity index (χ0n) is 19.6. The van der Waals surface area contributed by atoms with Gasteiger partial charge in [0.1, 0.15) is 28.7 Å². The van der Waals surface area contributed by atoms with Crippen LogP contribution in [0.1, 0.15) is 0 Å². The van der Waals surface area contributed by atoms with Crippen LogP contribution in [0, 0.1) is 11.6 Å². The van der Waals surface area contributed by atoms with Crippen LogP contribution >= 0.6 is 11.9 Å². The lowest BCUT2D eigenvalue weighted by Gasteiger charge is -2.27. The summed E-state index contributed by atoms with van der Waals surface area (Å²) in [5, 5.41) is 10.3. The number of aromatic nitrogens is 3. The van der Waals surface area contributed by atoms with E-state index >= 15 is 0 Å². The number of methoxy groups -OCH3 is 1. The van der Waals surface area contributed by atoms with E-state index in [0.717, 1.165) is 12.1 Å². The van der Waals surface area contributed by atoms with Gasteiger partial charge in [0.25, 0.3) is 5.56 Å². The maximum Gasteiger partial charge on any atom is 0.281 e. The van der Waals surface area contributed by atoms with Crippen LogP contribution in [0.3, 0.4) is 0 Å². The Morgan fingerprint density at radius 1 is 1.11 bits per heavy atom. The molecule has 0 unspecified atom stereocenters. The second-order valence-corrected chi connectivity index (χ2v) is 8.99. The second-order valence-electron chi connectivity index (χ2n) is 8.03. The van der Waals surface area contributed by atoms with Gasteiger partial charge in [0.2, 0.25) is 5.88 Å². The molecule has 1 saturated heterocycles. The summed E-state index contributed by atoms with van der Waals surface area (Å²) in [7, 11) is 1.41. The van der Waals surface area contributed by atoms with Crippen LogP contribution in [0.15, 0.2) is 64.7 Å². The number of nitrogens with zero attached hydrogens (tertiary/aromatic N) is 5. The molecule has 10 nitrogen and oxygen atoms in total. The number of ether oxygens (including phenoxy) is 2. The molecule has 37 heavy (non-hydrogen) atoms. The third-order valence-corrected chi connectivity index (χ3v) is 6.50. The second kappa shape index (κ2) is 10.7. The van der Waals surface area contributed by atoms with Gasteiger partial charge >= 0.3 is 0 Å². The summed E-state index contributed by atoms with van der Waals surface area (Å²) in [4.78, 5) is 23.9. The molecule has 0 amide bonds. The van der Waals surface area contributed by atoms with Gasteiger partial charge in [0.15, 0.2) is 0 Å². The quantitative estimate of drug-likeness (QED) is 0.273. The fourth-order valence-corrected chi connectivity index (χ4v) is 4.49. The first kappa shape index (κ1) is 24.9. The largest absolute Gasteiger partial charge is 0.479 e. The highest BCUT2D eigenvalue weighted by molar-refractivity contribution is 7.97. The molecule has 5 rings (SSSR count). The van der Waals surface area contributed by atoms with Crippen LogP contribution < -0.4 is 20.6 Å². The number of pyridine rings is 2. The molecule has 1 aliphatic rings. The summed E-state index contributed by atoms with van der Waals surface area (Å²) in [6.45, 7) is 2.31. The van der Waals surface area contributed by atoms with Crippen LogP contribution in [-0.4, -0.2) is 57.6 Å². The maximum atomic E-state index is 14.0. The Morgan fingerprint density at radius 2 is 1.92 bits per heavy atom. The minimum absolute atomic E-state index is 0.00282. The normalized spacial score (nSPS) is 13.8. The highest BCUT2D eigenvalue weighted by atomic mass is 32.2. The van der Waals surface area contributed by atoms with Gasteiger partial charge in [-0.25, -0.2) is 18.7 Å². The predicted octanol–water partition coefficient (Wildman–Crippen LogP) is 3.61. The van der Waals surface area contributed by atoms with E-state index < -0.39 is 11.6 Å². The minimum Gasteiger partial charge on any atom is -0.479 e. The first-order valence-electron chi connectivity index (χ1n) is 11.2. The topological polar surface area (TPSA) is 104 Å². The van der Waals surface area contributed by atoms with Crippen molar-refractivity contribution in [2.75, 3.05) is 43.7 Å². The maximum absolute atomic E-state index is 14.0. The lowest BCUT2D eigenvalue weighted by Crippen LogP contribution is -2.39. The summed E-state index contributed by atoms with van der Waals surface area (Å²) in [6, 6.07) is 8.19. The lowest BCUT2D eigenvalue weighted by molar-refractivity contribution is 0.0433. The van der Waals surface area contributed by atoms with Gasteiger partial charge < -0.3 is 14.4 Å². The predicted molar refractivity (Wildman–Crippen MR) is 134 cm³/mol. The van der Waals surface area contributed by atoms with E-state index in [-0.39, 0.29) is 22.0 Å². The molecule has 192 valence electrons. The molecule has 1 fully saturated rings. The molecule has 0 atom stereocenters. The molecule has 1 aliphatic heterocycles. The molecular formula is C24H22F2N6O4S. The smallest absolute Gasteiger partial charge is 0.281 e. The van der Waals surface area contributed by atoms with E-state index in [1.807, 2.05) is 4.90 Å². The number of benzene rings is 1. The Kier molecular flexibility index (Phi) is 7.19. The van der Waals surface area contributed by atoms with E-state index in [1.165, 1.54) is 17.6 Å². The summed E-state index contributed by atoms with van der Waals surface area (Å²) in [5.74, 6) is -1.38. The number of hydrazine groups is 1. The molecule has 4 aromatic rings. The zero-order chi connectivity index (χ0) is 25.9. The monoisotopic (exact) mass is 528 g/mol. The molecule has 0 spiro atoms. The van der Waals surface area contributed by atoms with Crippen molar-refractivity contribution in [2.24, 2.45) is 0 Å². The number of morpholine rings is 1. The van der Waals surface area contributed by atoms with Crippen LogP contribution in [0.2, 0.25) is 0 Å². The molecule has 4 heterocycles. The van der Waals surface area contributed by atoms with E-state index in [0.29, 0.717) is 65.3 Å². The van der Waals surface area contributed by atoms with Crippen LogP contribution in [-0.2, 0) is 4.74 Å².